The average molecular weight is 597 g/mol. The van der Waals surface area contributed by atoms with Gasteiger partial charge in [-0.25, -0.2) is 4.39 Å². The molecule has 0 spiro atoms. The Kier molecular flexibility index (Phi) is 5.94. The first kappa shape index (κ1) is 26.7. The molecular weight excluding hydrogens is 567 g/mol. The Bertz CT molecular complexity index is 1900. The molecule has 5 heterocycles. The van der Waals surface area contributed by atoms with Gasteiger partial charge in [-0.05, 0) is 56.2 Å². The molecule has 2 N–H and O–H groups in total. The van der Waals surface area contributed by atoms with Crippen molar-refractivity contribution in [3.8, 4) is 11.3 Å². The summed E-state index contributed by atoms with van der Waals surface area (Å²) in [5.41, 5.74) is 4.35. The summed E-state index contributed by atoms with van der Waals surface area (Å²) in [7, 11) is 1.77. The SMILES string of the molecule is Cn1cc2c(F)cnc(-c3cn(C4CC(CNc5ccc6c(c5)C(=O)N(C5CCC(=O)NC5=O)C6=O)C4)nc3C3CC3)c2n1. The summed E-state index contributed by atoms with van der Waals surface area (Å²) in [6, 6.07) is 4.28. The molecule has 0 radical (unpaired) electrons. The number of hydrogen-bond acceptors (Lipinski definition) is 8. The molecule has 0 bridgehead atoms. The van der Waals surface area contributed by atoms with Gasteiger partial charge in [-0.15, -0.1) is 0 Å². The Labute approximate surface area is 250 Å². The summed E-state index contributed by atoms with van der Waals surface area (Å²) in [5.74, 6) is -1.69. The zero-order valence-corrected chi connectivity index (χ0v) is 23.9. The van der Waals surface area contributed by atoms with Gasteiger partial charge in [-0.1, -0.05) is 0 Å². The standard InChI is InChI=1S/C31H29FN8O4/c1-38-13-21-23(32)12-34-27(28(21)36-38)22-14-39(37-26(22)16-2-3-16)18-8-15(9-18)11-33-17-4-5-19-20(10-17)31(44)40(30(19)43)24-6-7-25(41)35-29(24)42/h4-5,10,12-16,18,24,33H,2-3,6-9,11H2,1H3,(H,35,41,42). The Morgan fingerprint density at radius 3 is 2.57 bits per heavy atom. The Morgan fingerprint density at radius 1 is 1.00 bits per heavy atom. The van der Waals surface area contributed by atoms with Crippen LogP contribution in [0, 0.1) is 11.7 Å². The number of pyridine rings is 1. The smallest absolute Gasteiger partial charge is 0.262 e. The third kappa shape index (κ3) is 4.28. The molecule has 224 valence electrons. The highest BCUT2D eigenvalue weighted by Gasteiger charge is 2.44. The second kappa shape index (κ2) is 9.79. The van der Waals surface area contributed by atoms with Crippen LogP contribution in [0.4, 0.5) is 10.1 Å². The third-order valence-electron chi connectivity index (χ3n) is 9.22. The lowest BCUT2D eigenvalue weighted by Crippen LogP contribution is -2.54. The van der Waals surface area contributed by atoms with E-state index in [2.05, 4.69) is 20.7 Å². The van der Waals surface area contributed by atoms with E-state index in [1.165, 1.54) is 6.20 Å². The number of piperidine rings is 1. The molecule has 1 aromatic carbocycles. The molecule has 3 aromatic heterocycles. The van der Waals surface area contributed by atoms with Gasteiger partial charge in [0.2, 0.25) is 11.8 Å². The van der Waals surface area contributed by atoms with E-state index in [0.29, 0.717) is 35.0 Å². The second-order valence-corrected chi connectivity index (χ2v) is 12.3. The van der Waals surface area contributed by atoms with Gasteiger partial charge in [0.25, 0.3) is 11.8 Å². The maximum Gasteiger partial charge on any atom is 0.262 e. The lowest BCUT2D eigenvalue weighted by molar-refractivity contribution is -0.136. The van der Waals surface area contributed by atoms with Crippen LogP contribution >= 0.6 is 0 Å². The van der Waals surface area contributed by atoms with Crippen molar-refractivity contribution < 1.29 is 23.6 Å². The van der Waals surface area contributed by atoms with Crippen LogP contribution in [-0.2, 0) is 16.6 Å². The molecule has 1 atom stereocenters. The topological polar surface area (TPSA) is 144 Å². The minimum atomic E-state index is -0.986. The predicted octanol–water partition coefficient (Wildman–Crippen LogP) is 3.31. The van der Waals surface area contributed by atoms with E-state index in [-0.39, 0.29) is 30.0 Å². The summed E-state index contributed by atoms with van der Waals surface area (Å²) in [4.78, 5) is 55.4. The van der Waals surface area contributed by atoms with Crippen molar-refractivity contribution in [2.75, 3.05) is 11.9 Å². The number of rotatable bonds is 7. The molecule has 12 nitrogen and oxygen atoms in total. The van der Waals surface area contributed by atoms with Crippen LogP contribution in [-0.4, -0.2) is 65.7 Å². The van der Waals surface area contributed by atoms with Crippen molar-refractivity contribution in [3.63, 3.8) is 0 Å². The Morgan fingerprint density at radius 2 is 1.80 bits per heavy atom. The fourth-order valence-electron chi connectivity index (χ4n) is 6.65. The van der Waals surface area contributed by atoms with Crippen LogP contribution in [0.3, 0.4) is 0 Å². The first-order chi connectivity index (χ1) is 21.2. The van der Waals surface area contributed by atoms with Crippen LogP contribution in [0.2, 0.25) is 0 Å². The maximum absolute atomic E-state index is 14.4. The van der Waals surface area contributed by atoms with Gasteiger partial charge in [0.05, 0.1) is 34.4 Å². The average Bonchev–Trinajstić information content (AvgIpc) is 3.53. The van der Waals surface area contributed by atoms with Gasteiger partial charge >= 0.3 is 0 Å². The zero-order valence-electron chi connectivity index (χ0n) is 23.9. The first-order valence-corrected chi connectivity index (χ1v) is 14.9. The van der Waals surface area contributed by atoms with Crippen molar-refractivity contribution in [1.82, 2.24) is 34.8 Å². The van der Waals surface area contributed by atoms with E-state index < -0.39 is 35.5 Å². The van der Waals surface area contributed by atoms with Crippen LogP contribution in [0.15, 0.2) is 36.8 Å². The Hall–Kier alpha value is -4.94. The number of benzene rings is 1. The largest absolute Gasteiger partial charge is 0.385 e. The number of aryl methyl sites for hydroxylation is 1. The zero-order chi connectivity index (χ0) is 30.3. The van der Waals surface area contributed by atoms with E-state index >= 15 is 0 Å². The number of nitrogens with one attached hydrogen (secondary N) is 2. The number of amides is 4. The predicted molar refractivity (Wildman–Crippen MR) is 155 cm³/mol. The summed E-state index contributed by atoms with van der Waals surface area (Å²) < 4.78 is 18.1. The fourth-order valence-corrected chi connectivity index (χ4v) is 6.65. The number of anilines is 1. The minimum Gasteiger partial charge on any atom is -0.385 e. The monoisotopic (exact) mass is 596 g/mol. The second-order valence-electron chi connectivity index (χ2n) is 12.3. The molecule has 44 heavy (non-hydrogen) atoms. The Balaban J connectivity index is 0.940. The number of nitrogens with zero attached hydrogens (tertiary/aromatic N) is 6. The normalized spacial score (nSPS) is 23.2. The quantitative estimate of drug-likeness (QED) is 0.309. The molecule has 2 saturated carbocycles. The van der Waals surface area contributed by atoms with Crippen LogP contribution in [0.25, 0.3) is 22.2 Å². The molecule has 3 fully saturated rings. The summed E-state index contributed by atoms with van der Waals surface area (Å²) >= 11 is 0. The lowest BCUT2D eigenvalue weighted by Gasteiger charge is -2.35. The van der Waals surface area contributed by atoms with Gasteiger partial charge in [0.15, 0.2) is 5.82 Å². The highest BCUT2D eigenvalue weighted by atomic mass is 19.1. The van der Waals surface area contributed by atoms with Crippen molar-refractivity contribution in [3.05, 3.63) is 59.4 Å². The van der Waals surface area contributed by atoms with Crippen molar-refractivity contribution >= 4 is 40.2 Å². The molecule has 13 heteroatoms. The van der Waals surface area contributed by atoms with Crippen molar-refractivity contribution in [2.24, 2.45) is 13.0 Å². The van der Waals surface area contributed by atoms with Gasteiger partial charge in [0.1, 0.15) is 17.3 Å². The van der Waals surface area contributed by atoms with E-state index in [1.54, 1.807) is 36.1 Å². The van der Waals surface area contributed by atoms with Crippen LogP contribution in [0.5, 0.6) is 0 Å². The number of carbonyl (C=O) groups is 4. The summed E-state index contributed by atoms with van der Waals surface area (Å²) in [6.07, 6.45) is 9.15. The van der Waals surface area contributed by atoms with Gasteiger partial charge in [0, 0.05) is 49.6 Å². The minimum absolute atomic E-state index is 0.0813. The van der Waals surface area contributed by atoms with Crippen LogP contribution < -0.4 is 10.6 Å². The molecule has 4 aromatic rings. The van der Waals surface area contributed by atoms with E-state index in [0.717, 1.165) is 47.5 Å². The molecule has 4 amide bonds. The molecule has 8 rings (SSSR count). The number of fused-ring (bicyclic) bond motifs is 2. The molecule has 1 saturated heterocycles. The highest BCUT2D eigenvalue weighted by Crippen LogP contribution is 2.46. The van der Waals surface area contributed by atoms with Gasteiger partial charge < -0.3 is 5.32 Å². The molecule has 1 unspecified atom stereocenters. The molecule has 4 aliphatic rings. The maximum atomic E-state index is 14.4. The van der Waals surface area contributed by atoms with Gasteiger partial charge in [-0.3, -0.25) is 43.7 Å². The number of aromatic nitrogens is 5. The number of hydrogen-bond donors (Lipinski definition) is 2. The lowest BCUT2D eigenvalue weighted by atomic mass is 9.80. The van der Waals surface area contributed by atoms with E-state index in [1.807, 2.05) is 10.9 Å². The summed E-state index contributed by atoms with van der Waals surface area (Å²) in [6.45, 7) is 0.686. The molecular formula is C31H29FN8O4. The fraction of sp³-hybridized carbons (Fsp3) is 0.387. The van der Waals surface area contributed by atoms with Gasteiger partial charge in [-0.2, -0.15) is 10.2 Å². The number of carbonyl (C=O) groups excluding carboxylic acids is 4. The van der Waals surface area contributed by atoms with Crippen molar-refractivity contribution in [1.29, 1.82) is 0 Å². The number of halogens is 1. The van der Waals surface area contributed by atoms with E-state index in [9.17, 15) is 23.6 Å². The molecule has 2 aliphatic heterocycles. The first-order valence-electron chi connectivity index (χ1n) is 14.9. The third-order valence-corrected chi connectivity index (χ3v) is 9.22. The van der Waals surface area contributed by atoms with E-state index in [4.69, 9.17) is 5.10 Å². The van der Waals surface area contributed by atoms with Crippen molar-refractivity contribution in [2.45, 2.75) is 56.5 Å². The van der Waals surface area contributed by atoms with Crippen LogP contribution in [0.1, 0.15) is 76.9 Å². The highest BCUT2D eigenvalue weighted by molar-refractivity contribution is 6.23. The molecule has 2 aliphatic carbocycles. The summed E-state index contributed by atoms with van der Waals surface area (Å²) in [5, 5.41) is 15.5. The number of imide groups is 2.